The Balaban J connectivity index is 1.47. The second kappa shape index (κ2) is 9.87. The average molecular weight is 420 g/mol. The molecule has 1 amide bonds. The van der Waals surface area contributed by atoms with E-state index in [0.29, 0.717) is 37.6 Å². The highest BCUT2D eigenvalue weighted by Crippen LogP contribution is 2.20. The van der Waals surface area contributed by atoms with E-state index in [2.05, 4.69) is 16.3 Å². The van der Waals surface area contributed by atoms with Gasteiger partial charge in [0.1, 0.15) is 0 Å². The topological polar surface area (TPSA) is 69.7 Å². The first-order chi connectivity index (χ1) is 13.9. The number of carbonyl (C=O) groups is 1. The molecular weight excluding hydrogens is 386 g/mol. The molecule has 29 heavy (non-hydrogen) atoms. The van der Waals surface area contributed by atoms with Crippen LogP contribution in [0, 0.1) is 6.92 Å². The predicted molar refractivity (Wildman–Crippen MR) is 115 cm³/mol. The van der Waals surface area contributed by atoms with Crippen molar-refractivity contribution < 1.29 is 13.2 Å². The Morgan fingerprint density at radius 2 is 1.79 bits per heavy atom. The summed E-state index contributed by atoms with van der Waals surface area (Å²) in [5.74, 6) is 0.0243. The number of aryl methyl sites for hydroxylation is 1. The van der Waals surface area contributed by atoms with Crippen LogP contribution in [0.4, 0.5) is 0 Å². The van der Waals surface area contributed by atoms with Gasteiger partial charge in [0.15, 0.2) is 0 Å². The summed E-state index contributed by atoms with van der Waals surface area (Å²) in [6.07, 6.45) is 8.09. The maximum absolute atomic E-state index is 12.8. The molecule has 0 saturated carbocycles. The van der Waals surface area contributed by atoms with Crippen LogP contribution in [0.25, 0.3) is 0 Å². The summed E-state index contributed by atoms with van der Waals surface area (Å²) in [4.78, 5) is 14.9. The number of sulfonamides is 1. The van der Waals surface area contributed by atoms with Crippen molar-refractivity contribution in [3.63, 3.8) is 0 Å². The van der Waals surface area contributed by atoms with Crippen LogP contribution in [0.15, 0.2) is 40.8 Å². The van der Waals surface area contributed by atoms with Gasteiger partial charge in [-0.1, -0.05) is 29.3 Å². The molecule has 0 aromatic heterocycles. The summed E-state index contributed by atoms with van der Waals surface area (Å²) in [7, 11) is -3.47. The van der Waals surface area contributed by atoms with Gasteiger partial charge in [-0.05, 0) is 58.1 Å². The van der Waals surface area contributed by atoms with Crippen molar-refractivity contribution in [2.24, 2.45) is 0 Å². The Morgan fingerprint density at radius 1 is 1.10 bits per heavy atom. The van der Waals surface area contributed by atoms with E-state index in [1.807, 2.05) is 26.0 Å². The van der Waals surface area contributed by atoms with Crippen LogP contribution in [0.1, 0.15) is 44.6 Å². The van der Waals surface area contributed by atoms with E-state index in [4.69, 9.17) is 0 Å². The first-order valence-corrected chi connectivity index (χ1v) is 12.1. The van der Waals surface area contributed by atoms with Gasteiger partial charge in [-0.2, -0.15) is 4.31 Å². The minimum absolute atomic E-state index is 0.0243. The van der Waals surface area contributed by atoms with Gasteiger partial charge in [0.2, 0.25) is 15.9 Å². The van der Waals surface area contributed by atoms with Gasteiger partial charge in [-0.15, -0.1) is 0 Å². The molecular formula is C22H33N3O3S. The van der Waals surface area contributed by atoms with Crippen molar-refractivity contribution in [1.29, 1.82) is 0 Å². The fourth-order valence-corrected chi connectivity index (χ4v) is 5.40. The summed E-state index contributed by atoms with van der Waals surface area (Å²) in [5, 5.41) is 3.05. The van der Waals surface area contributed by atoms with Gasteiger partial charge in [0.05, 0.1) is 10.9 Å². The Morgan fingerprint density at radius 3 is 2.41 bits per heavy atom. The molecule has 0 spiro atoms. The summed E-state index contributed by atoms with van der Waals surface area (Å²) >= 11 is 0. The molecule has 1 N–H and O–H groups in total. The van der Waals surface area contributed by atoms with Gasteiger partial charge < -0.3 is 5.32 Å². The number of nitrogens with one attached hydrogen (secondary N) is 1. The SMILES string of the molecule is Cc1ccc(S(=O)(=O)N2CCN([C@H](C)C(=O)NCCC3=CCCCC3)CC2)cc1. The van der Waals surface area contributed by atoms with Crippen LogP contribution in [0.3, 0.4) is 0 Å². The molecule has 3 rings (SSSR count). The summed E-state index contributed by atoms with van der Waals surface area (Å²) in [6.45, 7) is 6.45. The quantitative estimate of drug-likeness (QED) is 0.690. The zero-order valence-electron chi connectivity index (χ0n) is 17.6. The van der Waals surface area contributed by atoms with E-state index in [1.165, 1.54) is 22.7 Å². The molecule has 7 heteroatoms. The molecule has 0 bridgehead atoms. The first kappa shape index (κ1) is 22.0. The van der Waals surface area contributed by atoms with Crippen molar-refractivity contribution in [3.8, 4) is 0 Å². The van der Waals surface area contributed by atoms with Gasteiger partial charge in [0.25, 0.3) is 0 Å². The Hall–Kier alpha value is -1.70. The fourth-order valence-electron chi connectivity index (χ4n) is 3.98. The van der Waals surface area contributed by atoms with E-state index in [1.54, 1.807) is 12.1 Å². The van der Waals surface area contributed by atoms with Gasteiger partial charge >= 0.3 is 0 Å². The number of rotatable bonds is 7. The van der Waals surface area contributed by atoms with Crippen LogP contribution in [-0.4, -0.2) is 62.3 Å². The van der Waals surface area contributed by atoms with Crippen LogP contribution >= 0.6 is 0 Å². The third-order valence-electron chi connectivity index (χ3n) is 5.99. The van der Waals surface area contributed by atoms with Crippen molar-refractivity contribution in [2.75, 3.05) is 32.7 Å². The molecule has 1 aromatic rings. The number of hydrogen-bond donors (Lipinski definition) is 1. The number of piperazine rings is 1. The molecule has 1 aliphatic carbocycles. The highest BCUT2D eigenvalue weighted by molar-refractivity contribution is 7.89. The van der Waals surface area contributed by atoms with E-state index >= 15 is 0 Å². The summed E-state index contributed by atoms with van der Waals surface area (Å²) < 4.78 is 27.2. The Bertz CT molecular complexity index is 825. The van der Waals surface area contributed by atoms with E-state index in [-0.39, 0.29) is 11.9 Å². The van der Waals surface area contributed by atoms with Gasteiger partial charge in [-0.25, -0.2) is 8.42 Å². The molecule has 1 heterocycles. The third-order valence-corrected chi connectivity index (χ3v) is 7.90. The van der Waals surface area contributed by atoms with Crippen molar-refractivity contribution in [2.45, 2.75) is 56.9 Å². The van der Waals surface area contributed by atoms with Crippen molar-refractivity contribution in [1.82, 2.24) is 14.5 Å². The smallest absolute Gasteiger partial charge is 0.243 e. The number of carbonyl (C=O) groups excluding carboxylic acids is 1. The maximum Gasteiger partial charge on any atom is 0.243 e. The lowest BCUT2D eigenvalue weighted by Gasteiger charge is -2.36. The number of nitrogens with zero attached hydrogens (tertiary/aromatic N) is 2. The highest BCUT2D eigenvalue weighted by atomic mass is 32.2. The molecule has 0 unspecified atom stereocenters. The normalized spacial score (nSPS) is 20.1. The molecule has 0 radical (unpaired) electrons. The highest BCUT2D eigenvalue weighted by Gasteiger charge is 2.31. The first-order valence-electron chi connectivity index (χ1n) is 10.6. The van der Waals surface area contributed by atoms with E-state index < -0.39 is 10.0 Å². The molecule has 1 aliphatic heterocycles. The van der Waals surface area contributed by atoms with Gasteiger partial charge in [-0.3, -0.25) is 9.69 Å². The summed E-state index contributed by atoms with van der Waals surface area (Å²) in [6, 6.07) is 6.71. The lowest BCUT2D eigenvalue weighted by Crippen LogP contribution is -2.54. The van der Waals surface area contributed by atoms with Crippen LogP contribution in [-0.2, 0) is 14.8 Å². The van der Waals surface area contributed by atoms with Crippen LogP contribution in [0.2, 0.25) is 0 Å². The molecule has 1 aromatic carbocycles. The van der Waals surface area contributed by atoms with Gasteiger partial charge in [0, 0.05) is 32.7 Å². The molecule has 1 saturated heterocycles. The molecule has 2 aliphatic rings. The molecule has 1 atom stereocenters. The number of allylic oxidation sites excluding steroid dienone is 1. The number of amides is 1. The Kier molecular flexibility index (Phi) is 7.49. The number of hydrogen-bond acceptors (Lipinski definition) is 4. The monoisotopic (exact) mass is 419 g/mol. The molecule has 6 nitrogen and oxygen atoms in total. The largest absolute Gasteiger partial charge is 0.354 e. The standard InChI is InChI=1S/C22H33N3O3S/c1-18-8-10-21(11-9-18)29(27,28)25-16-14-24(15-17-25)19(2)22(26)23-13-12-20-6-4-3-5-7-20/h6,8-11,19H,3-5,7,12-17H2,1-2H3,(H,23,26)/t19-/m1/s1. The molecule has 160 valence electrons. The van der Waals surface area contributed by atoms with Crippen molar-refractivity contribution >= 4 is 15.9 Å². The lowest BCUT2D eigenvalue weighted by molar-refractivity contribution is -0.126. The second-order valence-electron chi connectivity index (χ2n) is 8.08. The minimum Gasteiger partial charge on any atom is -0.354 e. The second-order valence-corrected chi connectivity index (χ2v) is 10.0. The zero-order chi connectivity index (χ0) is 20.9. The maximum atomic E-state index is 12.8. The van der Waals surface area contributed by atoms with Crippen molar-refractivity contribution in [3.05, 3.63) is 41.5 Å². The lowest BCUT2D eigenvalue weighted by atomic mass is 9.97. The van der Waals surface area contributed by atoms with Crippen LogP contribution < -0.4 is 5.32 Å². The predicted octanol–water partition coefficient (Wildman–Crippen LogP) is 2.70. The number of benzene rings is 1. The fraction of sp³-hybridized carbons (Fsp3) is 0.591. The third kappa shape index (κ3) is 5.68. The molecule has 1 fully saturated rings. The summed E-state index contributed by atoms with van der Waals surface area (Å²) in [5.41, 5.74) is 2.49. The van der Waals surface area contributed by atoms with E-state index in [9.17, 15) is 13.2 Å². The van der Waals surface area contributed by atoms with Crippen LogP contribution in [0.5, 0.6) is 0 Å². The zero-order valence-corrected chi connectivity index (χ0v) is 18.4. The Labute approximate surface area is 175 Å². The average Bonchev–Trinajstić information content (AvgIpc) is 2.74. The van der Waals surface area contributed by atoms with E-state index in [0.717, 1.165) is 24.8 Å². The minimum atomic E-state index is -3.47.